The maximum atomic E-state index is 12.4. The van der Waals surface area contributed by atoms with Gasteiger partial charge in [0.05, 0.1) is 6.04 Å². The minimum Gasteiger partial charge on any atom is -0.486 e. The minimum atomic E-state index is -0.566. The molecule has 2 aromatic rings. The van der Waals surface area contributed by atoms with E-state index in [9.17, 15) is 14.9 Å². The zero-order valence-electron chi connectivity index (χ0n) is 15.3. The molecule has 1 saturated heterocycles. The highest BCUT2D eigenvalue weighted by Crippen LogP contribution is 2.40. The number of aromatic nitrogens is 2. The number of rotatable bonds is 2. The smallest absolute Gasteiger partial charge is 0.332 e. The van der Waals surface area contributed by atoms with Crippen molar-refractivity contribution in [3.05, 3.63) is 50.2 Å². The maximum absolute atomic E-state index is 12.4. The molecule has 0 amide bonds. The predicted molar refractivity (Wildman–Crippen MR) is 98.4 cm³/mol. The number of fused-ring (bicyclic) bond motifs is 1. The van der Waals surface area contributed by atoms with Crippen LogP contribution in [0, 0.1) is 11.3 Å². The van der Waals surface area contributed by atoms with Crippen LogP contribution in [0.1, 0.15) is 30.0 Å². The lowest BCUT2D eigenvalue weighted by atomic mass is 10.0. The van der Waals surface area contributed by atoms with Crippen LogP contribution in [0.5, 0.6) is 11.5 Å². The van der Waals surface area contributed by atoms with Crippen LogP contribution >= 0.6 is 0 Å². The predicted octanol–water partition coefficient (Wildman–Crippen LogP) is 1.07. The number of nitriles is 1. The molecule has 4 rings (SSSR count). The molecule has 3 heterocycles. The number of nitrogens with zero attached hydrogens (tertiary/aromatic N) is 4. The van der Waals surface area contributed by atoms with Crippen LogP contribution < -0.4 is 25.6 Å². The van der Waals surface area contributed by atoms with Crippen LogP contribution in [-0.4, -0.2) is 28.9 Å². The molecule has 0 radical (unpaired) electrons. The second-order valence-electron chi connectivity index (χ2n) is 6.77. The topological polar surface area (TPSA) is 89.5 Å². The van der Waals surface area contributed by atoms with Crippen molar-refractivity contribution in [1.29, 1.82) is 5.26 Å². The summed E-state index contributed by atoms with van der Waals surface area (Å²) < 4.78 is 13.6. The van der Waals surface area contributed by atoms with E-state index in [0.717, 1.165) is 23.0 Å². The highest BCUT2D eigenvalue weighted by atomic mass is 16.6. The van der Waals surface area contributed by atoms with Crippen molar-refractivity contribution in [2.24, 2.45) is 14.1 Å². The average Bonchev–Trinajstić information content (AvgIpc) is 3.17. The molecule has 8 nitrogen and oxygen atoms in total. The van der Waals surface area contributed by atoms with E-state index in [1.165, 1.54) is 11.6 Å². The minimum absolute atomic E-state index is 0.0101. The fraction of sp³-hybridized carbons (Fsp3) is 0.421. The monoisotopic (exact) mass is 368 g/mol. The van der Waals surface area contributed by atoms with E-state index in [2.05, 4.69) is 0 Å². The Bertz CT molecular complexity index is 1060. The standard InChI is InChI=1S/C19H20N4O4/c1-21-17(13(11-20)18(24)22(2)19(21)25)23-7-3-4-14(23)12-5-6-15-16(10-12)27-9-8-26-15/h5-6,10,14H,3-4,7-9H2,1-2H3. The van der Waals surface area contributed by atoms with E-state index in [-0.39, 0.29) is 11.6 Å². The summed E-state index contributed by atoms with van der Waals surface area (Å²) >= 11 is 0. The van der Waals surface area contributed by atoms with E-state index in [0.29, 0.717) is 37.1 Å². The van der Waals surface area contributed by atoms with Crippen molar-refractivity contribution >= 4 is 5.82 Å². The van der Waals surface area contributed by atoms with Gasteiger partial charge < -0.3 is 14.4 Å². The van der Waals surface area contributed by atoms with Gasteiger partial charge in [0.25, 0.3) is 5.56 Å². The number of anilines is 1. The molecule has 1 fully saturated rings. The molecule has 27 heavy (non-hydrogen) atoms. The third-order valence-corrected chi connectivity index (χ3v) is 5.22. The molecule has 0 spiro atoms. The number of hydrogen-bond donors (Lipinski definition) is 0. The molecule has 0 aliphatic carbocycles. The van der Waals surface area contributed by atoms with Crippen LogP contribution in [0.4, 0.5) is 5.82 Å². The summed E-state index contributed by atoms with van der Waals surface area (Å²) in [5.41, 5.74) is -0.0111. The summed E-state index contributed by atoms with van der Waals surface area (Å²) in [6.45, 7) is 1.70. The first-order valence-corrected chi connectivity index (χ1v) is 8.89. The van der Waals surface area contributed by atoms with Crippen LogP contribution in [0.15, 0.2) is 27.8 Å². The third kappa shape index (κ3) is 2.67. The molecule has 2 aliphatic heterocycles. The zero-order chi connectivity index (χ0) is 19.1. The van der Waals surface area contributed by atoms with Crippen molar-refractivity contribution in [2.75, 3.05) is 24.7 Å². The van der Waals surface area contributed by atoms with Gasteiger partial charge in [0.1, 0.15) is 25.1 Å². The summed E-state index contributed by atoms with van der Waals surface area (Å²) in [7, 11) is 2.98. The number of hydrogen-bond acceptors (Lipinski definition) is 6. The highest BCUT2D eigenvalue weighted by molar-refractivity contribution is 5.57. The second-order valence-corrected chi connectivity index (χ2v) is 6.77. The van der Waals surface area contributed by atoms with Crippen molar-refractivity contribution in [1.82, 2.24) is 9.13 Å². The summed E-state index contributed by atoms with van der Waals surface area (Å²) in [6, 6.07) is 7.75. The Kier molecular flexibility index (Phi) is 4.15. The van der Waals surface area contributed by atoms with Gasteiger partial charge in [-0.25, -0.2) is 4.79 Å². The van der Waals surface area contributed by atoms with Gasteiger partial charge in [-0.1, -0.05) is 6.07 Å². The SMILES string of the molecule is Cn1c(N2CCCC2c2ccc3c(c2)OCCO3)c(C#N)c(=O)n(C)c1=O. The molecule has 0 bridgehead atoms. The Hall–Kier alpha value is -3.21. The van der Waals surface area contributed by atoms with Crippen molar-refractivity contribution in [3.8, 4) is 17.6 Å². The first-order valence-electron chi connectivity index (χ1n) is 8.89. The molecule has 140 valence electrons. The maximum Gasteiger partial charge on any atom is 0.332 e. The van der Waals surface area contributed by atoms with Gasteiger partial charge in [-0.15, -0.1) is 0 Å². The molecule has 1 unspecified atom stereocenters. The Morgan fingerprint density at radius 2 is 1.85 bits per heavy atom. The fourth-order valence-electron chi connectivity index (χ4n) is 3.90. The lowest BCUT2D eigenvalue weighted by Gasteiger charge is -2.30. The summed E-state index contributed by atoms with van der Waals surface area (Å²) in [4.78, 5) is 26.9. The molecular formula is C19H20N4O4. The van der Waals surface area contributed by atoms with Gasteiger partial charge >= 0.3 is 5.69 Å². The molecule has 0 N–H and O–H groups in total. The van der Waals surface area contributed by atoms with Gasteiger partial charge in [0.2, 0.25) is 0 Å². The van der Waals surface area contributed by atoms with Crippen LogP contribution in [0.25, 0.3) is 0 Å². The average molecular weight is 368 g/mol. The van der Waals surface area contributed by atoms with Crippen LogP contribution in [-0.2, 0) is 14.1 Å². The number of ether oxygens (including phenoxy) is 2. The van der Waals surface area contributed by atoms with Crippen LogP contribution in [0.2, 0.25) is 0 Å². The van der Waals surface area contributed by atoms with E-state index in [1.807, 2.05) is 29.2 Å². The van der Waals surface area contributed by atoms with Gasteiger partial charge in [0.15, 0.2) is 17.1 Å². The third-order valence-electron chi connectivity index (χ3n) is 5.22. The first-order chi connectivity index (χ1) is 13.0. The quantitative estimate of drug-likeness (QED) is 0.788. The van der Waals surface area contributed by atoms with Crippen molar-refractivity contribution in [2.45, 2.75) is 18.9 Å². The lowest BCUT2D eigenvalue weighted by Crippen LogP contribution is -2.42. The van der Waals surface area contributed by atoms with Crippen molar-refractivity contribution in [3.63, 3.8) is 0 Å². The van der Waals surface area contributed by atoms with Gasteiger partial charge in [-0.05, 0) is 30.5 Å². The van der Waals surface area contributed by atoms with Crippen LogP contribution in [0.3, 0.4) is 0 Å². The second kappa shape index (κ2) is 6.50. The zero-order valence-corrected chi connectivity index (χ0v) is 15.3. The van der Waals surface area contributed by atoms with Gasteiger partial charge in [0, 0.05) is 20.6 Å². The lowest BCUT2D eigenvalue weighted by molar-refractivity contribution is 0.171. The van der Waals surface area contributed by atoms with E-state index in [1.54, 1.807) is 7.05 Å². The van der Waals surface area contributed by atoms with Gasteiger partial charge in [-0.3, -0.25) is 13.9 Å². The van der Waals surface area contributed by atoms with E-state index >= 15 is 0 Å². The van der Waals surface area contributed by atoms with Gasteiger partial charge in [-0.2, -0.15) is 5.26 Å². The Morgan fingerprint density at radius 1 is 1.11 bits per heavy atom. The Labute approximate surface area is 155 Å². The summed E-state index contributed by atoms with van der Waals surface area (Å²) in [5, 5.41) is 9.57. The Balaban J connectivity index is 1.83. The summed E-state index contributed by atoms with van der Waals surface area (Å²) in [5.74, 6) is 1.79. The largest absolute Gasteiger partial charge is 0.486 e. The normalized spacial score (nSPS) is 18.4. The molecule has 1 aromatic heterocycles. The molecule has 1 aromatic carbocycles. The molecule has 8 heteroatoms. The molecule has 2 aliphatic rings. The van der Waals surface area contributed by atoms with E-state index in [4.69, 9.17) is 9.47 Å². The summed E-state index contributed by atoms with van der Waals surface area (Å²) in [6.07, 6.45) is 1.75. The van der Waals surface area contributed by atoms with Crippen molar-refractivity contribution < 1.29 is 9.47 Å². The Morgan fingerprint density at radius 3 is 2.59 bits per heavy atom. The molecule has 0 saturated carbocycles. The molecular weight excluding hydrogens is 348 g/mol. The molecule has 1 atom stereocenters. The van der Waals surface area contributed by atoms with E-state index < -0.39 is 11.2 Å². The number of benzene rings is 1. The highest BCUT2D eigenvalue weighted by Gasteiger charge is 2.32. The first kappa shape index (κ1) is 17.2. The fourth-order valence-corrected chi connectivity index (χ4v) is 3.90.